The summed E-state index contributed by atoms with van der Waals surface area (Å²) < 4.78 is 0. The van der Waals surface area contributed by atoms with E-state index < -0.39 is 17.4 Å². The Morgan fingerprint density at radius 3 is 1.33 bits per heavy atom. The van der Waals surface area contributed by atoms with E-state index in [0.29, 0.717) is 6.42 Å². The van der Waals surface area contributed by atoms with Crippen LogP contribution in [-0.4, -0.2) is 22.2 Å². The van der Waals surface area contributed by atoms with Crippen molar-refractivity contribution in [3.63, 3.8) is 0 Å². The Morgan fingerprint density at radius 1 is 1.00 bits per heavy atom. The van der Waals surface area contributed by atoms with E-state index in [-0.39, 0.29) is 37.7 Å². The Labute approximate surface area is 81.8 Å². The van der Waals surface area contributed by atoms with Gasteiger partial charge in [0.2, 0.25) is 0 Å². The Kier molecular flexibility index (Phi) is 5.30. The molecule has 1 rings (SSSR count). The maximum Gasteiger partial charge on any atom is 0.321 e. The number of aliphatic carboxylic acids is 2. The van der Waals surface area contributed by atoms with Crippen molar-refractivity contribution < 1.29 is 19.8 Å². The highest BCUT2D eigenvalue weighted by Crippen LogP contribution is 2.41. The van der Waals surface area contributed by atoms with Gasteiger partial charge in [-0.1, -0.05) is 0 Å². The summed E-state index contributed by atoms with van der Waals surface area (Å²) in [5.74, 6) is -2.41. The van der Waals surface area contributed by atoms with Crippen LogP contribution in [0.2, 0.25) is 0 Å². The number of rotatable bonds is 2. The molecule has 0 unspecified atom stereocenters. The Morgan fingerprint density at radius 2 is 1.33 bits per heavy atom. The van der Waals surface area contributed by atoms with Crippen LogP contribution in [0, 0.1) is 5.41 Å². The van der Waals surface area contributed by atoms with Gasteiger partial charge in [0.05, 0.1) is 0 Å². The first-order chi connectivity index (χ1) is 4.59. The number of hydrogen-bond acceptors (Lipinski definition) is 2. The van der Waals surface area contributed by atoms with E-state index in [1.807, 2.05) is 0 Å². The van der Waals surface area contributed by atoms with Crippen molar-refractivity contribution >= 4 is 36.8 Å². The van der Waals surface area contributed by atoms with Crippen LogP contribution in [0.1, 0.15) is 19.3 Å². The second-order valence-electron chi connectivity index (χ2n) is 2.55. The molecule has 4 nitrogen and oxygen atoms in total. The van der Waals surface area contributed by atoms with E-state index in [4.69, 9.17) is 10.2 Å². The van der Waals surface area contributed by atoms with Crippen LogP contribution in [0.3, 0.4) is 0 Å². The van der Waals surface area contributed by atoms with Gasteiger partial charge in [-0.25, -0.2) is 0 Å². The van der Waals surface area contributed by atoms with Crippen LogP contribution in [0.4, 0.5) is 0 Å². The van der Waals surface area contributed by atoms with E-state index in [0.717, 1.165) is 0 Å². The van der Waals surface area contributed by atoms with Gasteiger partial charge in [-0.15, -0.1) is 24.8 Å². The van der Waals surface area contributed by atoms with Crippen molar-refractivity contribution in [1.82, 2.24) is 0 Å². The lowest BCUT2D eigenvalue weighted by atomic mass is 9.69. The van der Waals surface area contributed by atoms with Crippen LogP contribution in [0.5, 0.6) is 0 Å². The fraction of sp³-hybridized carbons (Fsp3) is 0.667. The zero-order valence-electron chi connectivity index (χ0n) is 6.15. The van der Waals surface area contributed by atoms with Crippen molar-refractivity contribution in [2.75, 3.05) is 0 Å². The zero-order chi connectivity index (χ0) is 7.78. The fourth-order valence-electron chi connectivity index (χ4n) is 1.05. The molecule has 0 aliphatic heterocycles. The third-order valence-corrected chi connectivity index (χ3v) is 2.03. The molecule has 0 aromatic heterocycles. The average molecular weight is 217 g/mol. The van der Waals surface area contributed by atoms with E-state index in [1.54, 1.807) is 0 Å². The van der Waals surface area contributed by atoms with E-state index in [2.05, 4.69) is 0 Å². The molecule has 0 saturated heterocycles. The highest BCUT2D eigenvalue weighted by molar-refractivity contribution is 5.99. The number of carboxylic acids is 2. The summed E-state index contributed by atoms with van der Waals surface area (Å²) in [4.78, 5) is 20.7. The van der Waals surface area contributed by atoms with Gasteiger partial charge in [-0.05, 0) is 19.3 Å². The topological polar surface area (TPSA) is 74.6 Å². The molecule has 1 aliphatic carbocycles. The Hall–Kier alpha value is -0.480. The minimum Gasteiger partial charge on any atom is -0.480 e. The molecule has 0 bridgehead atoms. The number of hydrogen-bond donors (Lipinski definition) is 2. The van der Waals surface area contributed by atoms with Gasteiger partial charge in [0.1, 0.15) is 0 Å². The largest absolute Gasteiger partial charge is 0.480 e. The lowest BCUT2D eigenvalue weighted by Crippen LogP contribution is -2.44. The summed E-state index contributed by atoms with van der Waals surface area (Å²) in [7, 11) is 0. The third kappa shape index (κ3) is 1.81. The van der Waals surface area contributed by atoms with E-state index in [1.165, 1.54) is 0 Å². The van der Waals surface area contributed by atoms with Crippen LogP contribution in [-0.2, 0) is 9.59 Å². The van der Waals surface area contributed by atoms with Gasteiger partial charge in [-0.3, -0.25) is 9.59 Å². The minimum atomic E-state index is -1.44. The van der Waals surface area contributed by atoms with Crippen molar-refractivity contribution in [1.29, 1.82) is 0 Å². The van der Waals surface area contributed by atoms with Crippen molar-refractivity contribution in [2.45, 2.75) is 19.3 Å². The first-order valence-corrected chi connectivity index (χ1v) is 3.06. The molecule has 0 amide bonds. The lowest BCUT2D eigenvalue weighted by molar-refractivity contribution is -0.171. The summed E-state index contributed by atoms with van der Waals surface area (Å²) in [5.41, 5.74) is -1.44. The van der Waals surface area contributed by atoms with E-state index in [9.17, 15) is 9.59 Å². The minimum absolute atomic E-state index is 0. The molecular weight excluding hydrogens is 207 g/mol. The second kappa shape index (κ2) is 4.52. The second-order valence-corrected chi connectivity index (χ2v) is 2.55. The average Bonchev–Trinajstić information content (AvgIpc) is 1.57. The summed E-state index contributed by atoms with van der Waals surface area (Å²) in [6.45, 7) is 0. The molecule has 0 atom stereocenters. The molecule has 0 radical (unpaired) electrons. The maximum absolute atomic E-state index is 10.4. The van der Waals surface area contributed by atoms with Crippen LogP contribution in [0.25, 0.3) is 0 Å². The highest BCUT2D eigenvalue weighted by Gasteiger charge is 2.51. The Balaban J connectivity index is 0. The molecule has 0 spiro atoms. The zero-order valence-corrected chi connectivity index (χ0v) is 7.78. The number of carbonyl (C=O) groups is 2. The van der Waals surface area contributed by atoms with Gasteiger partial charge in [-0.2, -0.15) is 0 Å². The van der Waals surface area contributed by atoms with Gasteiger partial charge in [0.15, 0.2) is 5.41 Å². The fourth-order valence-corrected chi connectivity index (χ4v) is 1.05. The van der Waals surface area contributed by atoms with Crippen LogP contribution in [0.15, 0.2) is 0 Å². The summed E-state index contributed by atoms with van der Waals surface area (Å²) in [6, 6.07) is 0. The highest BCUT2D eigenvalue weighted by atomic mass is 35.5. The SMILES string of the molecule is Cl.Cl.O=C(O)C1(C(=O)O)CCC1. The molecule has 6 heteroatoms. The third-order valence-electron chi connectivity index (χ3n) is 2.03. The molecule has 1 saturated carbocycles. The molecule has 0 heterocycles. The molecule has 72 valence electrons. The Bertz CT molecular complexity index is 172. The number of halogens is 2. The molecule has 0 aromatic carbocycles. The van der Waals surface area contributed by atoms with Crippen molar-refractivity contribution in [2.24, 2.45) is 5.41 Å². The lowest BCUT2D eigenvalue weighted by Gasteiger charge is -2.32. The maximum atomic E-state index is 10.4. The predicted molar refractivity (Wildman–Crippen MR) is 46.1 cm³/mol. The van der Waals surface area contributed by atoms with E-state index >= 15 is 0 Å². The summed E-state index contributed by atoms with van der Waals surface area (Å²) >= 11 is 0. The van der Waals surface area contributed by atoms with Gasteiger partial charge in [0, 0.05) is 0 Å². The molecule has 1 fully saturated rings. The van der Waals surface area contributed by atoms with Gasteiger partial charge >= 0.3 is 11.9 Å². The molecular formula is C6H10Cl2O4. The first-order valence-electron chi connectivity index (χ1n) is 3.06. The quantitative estimate of drug-likeness (QED) is 0.680. The summed E-state index contributed by atoms with van der Waals surface area (Å²) in [5, 5.41) is 16.9. The molecule has 12 heavy (non-hydrogen) atoms. The molecule has 2 N–H and O–H groups in total. The normalized spacial score (nSPS) is 17.7. The predicted octanol–water partition coefficient (Wildman–Crippen LogP) is 1.17. The standard InChI is InChI=1S/C6H8O4.2ClH/c7-4(8)6(5(9)10)2-1-3-6;;/h1-3H2,(H,7,8)(H,9,10);2*1H. The van der Waals surface area contributed by atoms with Crippen LogP contribution < -0.4 is 0 Å². The van der Waals surface area contributed by atoms with Gasteiger partial charge < -0.3 is 10.2 Å². The van der Waals surface area contributed by atoms with Crippen molar-refractivity contribution in [3.8, 4) is 0 Å². The summed E-state index contributed by atoms with van der Waals surface area (Å²) in [6.07, 6.45) is 1.26. The molecule has 1 aliphatic rings. The number of carboxylic acid groups (broad SMARTS) is 2. The monoisotopic (exact) mass is 216 g/mol. The van der Waals surface area contributed by atoms with Crippen LogP contribution >= 0.6 is 24.8 Å². The first kappa shape index (κ1) is 14.1. The van der Waals surface area contributed by atoms with Crippen molar-refractivity contribution in [3.05, 3.63) is 0 Å². The molecule has 0 aromatic rings. The smallest absolute Gasteiger partial charge is 0.321 e. The van der Waals surface area contributed by atoms with Gasteiger partial charge in [0.25, 0.3) is 0 Å².